The fourth-order valence-corrected chi connectivity index (χ4v) is 2.13. The van der Waals surface area contributed by atoms with Crippen molar-refractivity contribution in [2.75, 3.05) is 13.2 Å². The number of ether oxygens (including phenoxy) is 1. The third-order valence-corrected chi connectivity index (χ3v) is 3.33. The number of carboxylic acid groups (broad SMARTS) is 1. The smallest absolute Gasteiger partial charge is 0.326 e. The molecule has 9 heteroatoms. The van der Waals surface area contributed by atoms with Crippen LogP contribution in [0.5, 0.6) is 5.75 Å². The van der Waals surface area contributed by atoms with Crippen molar-refractivity contribution in [2.45, 2.75) is 26.3 Å². The second-order valence-electron chi connectivity index (χ2n) is 5.73. The number of benzene rings is 1. The van der Waals surface area contributed by atoms with Crippen LogP contribution >= 0.6 is 11.6 Å². The monoisotopic (exact) mass is 374 g/mol. The van der Waals surface area contributed by atoms with E-state index in [-0.39, 0.29) is 29.7 Å². The van der Waals surface area contributed by atoms with Gasteiger partial charge in [0.2, 0.25) is 5.91 Å². The van der Waals surface area contributed by atoms with Crippen LogP contribution in [0.3, 0.4) is 0 Å². The zero-order valence-electron chi connectivity index (χ0n) is 13.8. The molecule has 0 aromatic heterocycles. The van der Waals surface area contributed by atoms with Gasteiger partial charge in [-0.1, -0.05) is 25.4 Å². The van der Waals surface area contributed by atoms with Crippen LogP contribution in [0.15, 0.2) is 18.2 Å². The lowest BCUT2D eigenvalue weighted by atomic mass is 10.0. The summed E-state index contributed by atoms with van der Waals surface area (Å²) in [4.78, 5) is 34.4. The first-order valence-corrected chi connectivity index (χ1v) is 7.93. The van der Waals surface area contributed by atoms with Gasteiger partial charge in [0, 0.05) is 0 Å². The second kappa shape index (κ2) is 9.83. The minimum absolute atomic E-state index is 0.0172. The minimum Gasteiger partial charge on any atom is -0.482 e. The van der Waals surface area contributed by atoms with Crippen LogP contribution in [-0.2, 0) is 14.4 Å². The molecule has 0 bridgehead atoms. The number of hydrogen-bond acceptors (Lipinski definition) is 4. The first-order valence-electron chi connectivity index (χ1n) is 7.55. The molecule has 1 aromatic rings. The van der Waals surface area contributed by atoms with Crippen LogP contribution < -0.4 is 15.4 Å². The maximum atomic E-state index is 12.9. The quantitative estimate of drug-likeness (QED) is 0.608. The summed E-state index contributed by atoms with van der Waals surface area (Å²) in [7, 11) is 0. The highest BCUT2D eigenvalue weighted by atomic mass is 35.5. The highest BCUT2D eigenvalue weighted by molar-refractivity contribution is 6.32. The molecule has 1 atom stereocenters. The maximum Gasteiger partial charge on any atom is 0.326 e. The molecule has 0 unspecified atom stereocenters. The first kappa shape index (κ1) is 20.7. The van der Waals surface area contributed by atoms with Gasteiger partial charge in [-0.3, -0.25) is 9.59 Å². The number of carboxylic acids is 1. The molecule has 2 amide bonds. The van der Waals surface area contributed by atoms with E-state index in [4.69, 9.17) is 21.4 Å². The molecule has 0 saturated heterocycles. The largest absolute Gasteiger partial charge is 0.482 e. The molecule has 1 aromatic carbocycles. The molecule has 0 spiro atoms. The number of nitrogens with one attached hydrogen (secondary N) is 2. The maximum absolute atomic E-state index is 12.9. The average molecular weight is 375 g/mol. The molecule has 0 radical (unpaired) electrons. The predicted octanol–water partition coefficient (Wildman–Crippen LogP) is 1.59. The fourth-order valence-electron chi connectivity index (χ4n) is 1.90. The summed E-state index contributed by atoms with van der Waals surface area (Å²) < 4.78 is 18.0. The zero-order valence-corrected chi connectivity index (χ0v) is 14.6. The molecule has 25 heavy (non-hydrogen) atoms. The van der Waals surface area contributed by atoms with E-state index >= 15 is 0 Å². The van der Waals surface area contributed by atoms with Crippen molar-refractivity contribution < 1.29 is 28.6 Å². The number of aliphatic carboxylic acids is 1. The standard InChI is InChI=1S/C16H20ClFN2O5/c1-9(2)5-12(16(23)24)20-14(21)7-19-15(22)8-25-13-4-3-10(18)6-11(13)17/h3-4,6,9,12H,5,7-8H2,1-2H3,(H,19,22)(H,20,21)(H,23,24)/t12-/m0/s1. The summed E-state index contributed by atoms with van der Waals surface area (Å²) in [6, 6.07) is 2.44. The molecule has 3 N–H and O–H groups in total. The molecule has 7 nitrogen and oxygen atoms in total. The molecule has 0 heterocycles. The average Bonchev–Trinajstić information content (AvgIpc) is 2.51. The van der Waals surface area contributed by atoms with Gasteiger partial charge >= 0.3 is 5.97 Å². The van der Waals surface area contributed by atoms with Crippen molar-refractivity contribution >= 4 is 29.4 Å². The SMILES string of the molecule is CC(C)C[C@H](NC(=O)CNC(=O)COc1ccc(F)cc1Cl)C(=O)O. The number of halogens is 2. The highest BCUT2D eigenvalue weighted by Gasteiger charge is 2.21. The fraction of sp³-hybridized carbons (Fsp3) is 0.438. The summed E-state index contributed by atoms with van der Waals surface area (Å²) in [5.74, 6) is -2.68. The Morgan fingerprint density at radius 2 is 1.96 bits per heavy atom. The number of amides is 2. The van der Waals surface area contributed by atoms with Gasteiger partial charge in [-0.15, -0.1) is 0 Å². The Morgan fingerprint density at radius 1 is 1.28 bits per heavy atom. The zero-order chi connectivity index (χ0) is 19.0. The van der Waals surface area contributed by atoms with E-state index in [2.05, 4.69) is 10.6 Å². The molecule has 0 saturated carbocycles. The van der Waals surface area contributed by atoms with E-state index in [1.54, 1.807) is 0 Å². The van der Waals surface area contributed by atoms with E-state index in [1.807, 2.05) is 13.8 Å². The highest BCUT2D eigenvalue weighted by Crippen LogP contribution is 2.24. The Morgan fingerprint density at radius 3 is 2.52 bits per heavy atom. The molecule has 0 aliphatic rings. The Bertz CT molecular complexity index is 639. The van der Waals surface area contributed by atoms with Crippen molar-refractivity contribution in [3.05, 3.63) is 29.0 Å². The first-order chi connectivity index (χ1) is 11.7. The predicted molar refractivity (Wildman–Crippen MR) is 88.9 cm³/mol. The van der Waals surface area contributed by atoms with E-state index in [0.717, 1.165) is 12.1 Å². The lowest BCUT2D eigenvalue weighted by molar-refractivity contribution is -0.142. The minimum atomic E-state index is -1.14. The van der Waals surface area contributed by atoms with Crippen LogP contribution in [0.25, 0.3) is 0 Å². The Balaban J connectivity index is 2.39. The lowest BCUT2D eigenvalue weighted by Crippen LogP contribution is -2.46. The molecule has 0 aliphatic carbocycles. The Labute approximate surface area is 149 Å². The number of carbonyl (C=O) groups is 3. The van der Waals surface area contributed by atoms with Gasteiger partial charge in [-0.25, -0.2) is 9.18 Å². The van der Waals surface area contributed by atoms with Crippen LogP contribution in [0.4, 0.5) is 4.39 Å². The topological polar surface area (TPSA) is 105 Å². The van der Waals surface area contributed by atoms with Crippen molar-refractivity contribution in [1.82, 2.24) is 10.6 Å². The van der Waals surface area contributed by atoms with Crippen LogP contribution in [0.1, 0.15) is 20.3 Å². The lowest BCUT2D eigenvalue weighted by Gasteiger charge is -2.16. The number of carbonyl (C=O) groups excluding carboxylic acids is 2. The molecular formula is C16H20ClFN2O5. The van der Waals surface area contributed by atoms with Gasteiger partial charge in [0.15, 0.2) is 6.61 Å². The van der Waals surface area contributed by atoms with Crippen molar-refractivity contribution in [3.8, 4) is 5.75 Å². The van der Waals surface area contributed by atoms with Crippen molar-refractivity contribution in [3.63, 3.8) is 0 Å². The van der Waals surface area contributed by atoms with Crippen molar-refractivity contribution in [1.29, 1.82) is 0 Å². The Hall–Kier alpha value is -2.35. The van der Waals surface area contributed by atoms with Gasteiger partial charge in [0.1, 0.15) is 17.6 Å². The molecule has 138 valence electrons. The summed E-state index contributed by atoms with van der Waals surface area (Å²) in [6.07, 6.45) is 0.279. The van der Waals surface area contributed by atoms with E-state index < -0.39 is 36.2 Å². The molecular weight excluding hydrogens is 355 g/mol. The summed E-state index contributed by atoms with van der Waals surface area (Å²) in [5.41, 5.74) is 0. The molecule has 0 aliphatic heterocycles. The third-order valence-electron chi connectivity index (χ3n) is 3.04. The van der Waals surface area contributed by atoms with Gasteiger partial charge in [-0.2, -0.15) is 0 Å². The van der Waals surface area contributed by atoms with E-state index in [1.165, 1.54) is 6.07 Å². The number of rotatable bonds is 9. The number of hydrogen-bond donors (Lipinski definition) is 3. The summed E-state index contributed by atoms with van der Waals surface area (Å²) >= 11 is 5.75. The van der Waals surface area contributed by atoms with Gasteiger partial charge < -0.3 is 20.5 Å². The van der Waals surface area contributed by atoms with E-state index in [9.17, 15) is 18.8 Å². The van der Waals surface area contributed by atoms with Crippen LogP contribution in [-0.4, -0.2) is 42.1 Å². The van der Waals surface area contributed by atoms with Crippen molar-refractivity contribution in [2.24, 2.45) is 5.92 Å². The van der Waals surface area contributed by atoms with Crippen LogP contribution in [0, 0.1) is 11.7 Å². The van der Waals surface area contributed by atoms with Gasteiger partial charge in [0.05, 0.1) is 11.6 Å². The molecule has 0 fully saturated rings. The second-order valence-corrected chi connectivity index (χ2v) is 6.14. The normalized spacial score (nSPS) is 11.7. The van der Waals surface area contributed by atoms with Crippen LogP contribution in [0.2, 0.25) is 5.02 Å². The summed E-state index contributed by atoms with van der Waals surface area (Å²) in [5, 5.41) is 13.7. The Kier molecular flexibility index (Phi) is 8.13. The van der Waals surface area contributed by atoms with Gasteiger partial charge in [0.25, 0.3) is 5.91 Å². The summed E-state index contributed by atoms with van der Waals surface area (Å²) in [6.45, 7) is 2.86. The van der Waals surface area contributed by atoms with Gasteiger partial charge in [-0.05, 0) is 30.5 Å². The molecule has 1 rings (SSSR count). The van der Waals surface area contributed by atoms with E-state index in [0.29, 0.717) is 0 Å². The third kappa shape index (κ3) is 7.84.